The van der Waals surface area contributed by atoms with Crippen molar-refractivity contribution in [3.05, 3.63) is 11.7 Å². The summed E-state index contributed by atoms with van der Waals surface area (Å²) in [4.78, 5) is 15.9. The van der Waals surface area contributed by atoms with Crippen molar-refractivity contribution in [2.45, 2.75) is 18.8 Å². The van der Waals surface area contributed by atoms with E-state index in [-0.39, 0.29) is 5.78 Å². The Hall–Kier alpha value is -1.31. The Morgan fingerprint density at radius 2 is 2.26 bits per heavy atom. The number of nitrogens with zero attached hydrogens (tertiary/aromatic N) is 2. The van der Waals surface area contributed by atoms with Crippen molar-refractivity contribution in [3.8, 4) is 0 Å². The molecule has 106 valence electrons. The van der Waals surface area contributed by atoms with Crippen LogP contribution >= 0.6 is 0 Å². The third-order valence-corrected chi connectivity index (χ3v) is 2.85. The van der Waals surface area contributed by atoms with Gasteiger partial charge in [0.05, 0.1) is 33.0 Å². The van der Waals surface area contributed by atoms with Gasteiger partial charge in [0.25, 0.3) is 0 Å². The first-order chi connectivity index (χ1) is 9.31. The van der Waals surface area contributed by atoms with Gasteiger partial charge in [0.15, 0.2) is 5.82 Å². The van der Waals surface area contributed by atoms with Crippen LogP contribution in [0.5, 0.6) is 0 Å². The number of methoxy groups -OCH3 is 1. The zero-order valence-corrected chi connectivity index (χ0v) is 11.0. The van der Waals surface area contributed by atoms with Crippen molar-refractivity contribution in [1.82, 2.24) is 10.1 Å². The molecule has 7 heteroatoms. The fraction of sp³-hybridized carbons (Fsp3) is 0.750. The summed E-state index contributed by atoms with van der Waals surface area (Å²) in [7, 11) is 1.62. The zero-order chi connectivity index (χ0) is 13.5. The quantitative estimate of drug-likeness (QED) is 0.661. The minimum Gasteiger partial charge on any atom is -0.382 e. The Morgan fingerprint density at radius 3 is 3.05 bits per heavy atom. The van der Waals surface area contributed by atoms with E-state index >= 15 is 0 Å². The fourth-order valence-corrected chi connectivity index (χ4v) is 1.77. The van der Waals surface area contributed by atoms with Crippen LogP contribution in [0.3, 0.4) is 0 Å². The zero-order valence-electron chi connectivity index (χ0n) is 11.0. The lowest BCUT2D eigenvalue weighted by Gasteiger charge is -2.17. The monoisotopic (exact) mass is 270 g/mol. The Balaban J connectivity index is 1.79. The van der Waals surface area contributed by atoms with Crippen molar-refractivity contribution >= 4 is 5.78 Å². The first-order valence-electron chi connectivity index (χ1n) is 6.31. The van der Waals surface area contributed by atoms with Crippen LogP contribution < -0.4 is 0 Å². The summed E-state index contributed by atoms with van der Waals surface area (Å²) in [6.45, 7) is 2.40. The van der Waals surface area contributed by atoms with E-state index in [1.807, 2.05) is 0 Å². The number of ketones is 1. The van der Waals surface area contributed by atoms with Gasteiger partial charge in [0.1, 0.15) is 11.7 Å². The second kappa shape index (κ2) is 7.32. The molecule has 0 saturated carbocycles. The van der Waals surface area contributed by atoms with Gasteiger partial charge < -0.3 is 18.7 Å². The molecule has 0 N–H and O–H groups in total. The van der Waals surface area contributed by atoms with Gasteiger partial charge in [-0.15, -0.1) is 0 Å². The number of aromatic nitrogens is 2. The molecule has 1 aromatic rings. The second-order valence-electron chi connectivity index (χ2n) is 4.25. The largest absolute Gasteiger partial charge is 0.382 e. The molecular weight excluding hydrogens is 252 g/mol. The van der Waals surface area contributed by atoms with Gasteiger partial charge in [-0.25, -0.2) is 0 Å². The summed E-state index contributed by atoms with van der Waals surface area (Å²) in [5.41, 5.74) is 0. The van der Waals surface area contributed by atoms with E-state index in [1.165, 1.54) is 0 Å². The number of hydrogen-bond donors (Lipinski definition) is 0. The molecule has 7 nitrogen and oxygen atoms in total. The molecule has 0 amide bonds. The minimum atomic E-state index is -0.413. The maximum Gasteiger partial charge on any atom is 0.239 e. The van der Waals surface area contributed by atoms with Crippen LogP contribution in [0.25, 0.3) is 0 Å². The van der Waals surface area contributed by atoms with Crippen LogP contribution in [0.4, 0.5) is 0 Å². The highest BCUT2D eigenvalue weighted by molar-refractivity contribution is 5.85. The van der Waals surface area contributed by atoms with Crippen LogP contribution in [-0.4, -0.2) is 56.1 Å². The van der Waals surface area contributed by atoms with E-state index in [0.717, 1.165) is 0 Å². The predicted octanol–water partition coefficient (Wildman–Crippen LogP) is 0.348. The van der Waals surface area contributed by atoms with E-state index in [0.29, 0.717) is 57.6 Å². The summed E-state index contributed by atoms with van der Waals surface area (Å²) in [6.07, 6.45) is 0.956. The molecule has 1 saturated heterocycles. The van der Waals surface area contributed by atoms with Gasteiger partial charge in [-0.05, 0) is 0 Å². The third-order valence-electron chi connectivity index (χ3n) is 2.85. The minimum absolute atomic E-state index is 0.0952. The SMILES string of the molecule is COCCOCCc1noc(C2COCCC2=O)n1. The van der Waals surface area contributed by atoms with E-state index in [1.54, 1.807) is 7.11 Å². The summed E-state index contributed by atoms with van der Waals surface area (Å²) in [6, 6.07) is 0. The molecule has 1 atom stereocenters. The lowest BCUT2D eigenvalue weighted by Crippen LogP contribution is -2.25. The molecule has 1 aliphatic heterocycles. The van der Waals surface area contributed by atoms with Crippen molar-refractivity contribution in [1.29, 1.82) is 0 Å². The van der Waals surface area contributed by atoms with Crippen LogP contribution in [0.1, 0.15) is 24.1 Å². The maximum atomic E-state index is 11.7. The molecular formula is C12H18N2O5. The summed E-state index contributed by atoms with van der Waals surface area (Å²) < 4.78 is 20.5. The average molecular weight is 270 g/mol. The third kappa shape index (κ3) is 4.09. The number of carbonyl (C=O) groups is 1. The van der Waals surface area contributed by atoms with Crippen LogP contribution in [0, 0.1) is 0 Å². The van der Waals surface area contributed by atoms with E-state index in [2.05, 4.69) is 10.1 Å². The predicted molar refractivity (Wildman–Crippen MR) is 63.9 cm³/mol. The standard InChI is InChI=1S/C12H18N2O5/c1-16-6-7-17-5-3-11-13-12(19-14-11)9-8-18-4-2-10(9)15/h9H,2-8H2,1H3. The van der Waals surface area contributed by atoms with Crippen molar-refractivity contribution < 1.29 is 23.5 Å². The van der Waals surface area contributed by atoms with Gasteiger partial charge in [0.2, 0.25) is 5.89 Å². The summed E-state index contributed by atoms with van der Waals surface area (Å²) in [5.74, 6) is 0.574. The number of rotatable bonds is 7. The van der Waals surface area contributed by atoms with Gasteiger partial charge >= 0.3 is 0 Å². The lowest BCUT2D eigenvalue weighted by molar-refractivity contribution is -0.127. The first-order valence-corrected chi connectivity index (χ1v) is 6.31. The summed E-state index contributed by atoms with van der Waals surface area (Å²) in [5, 5.41) is 3.84. The first kappa shape index (κ1) is 14.1. The molecule has 0 radical (unpaired) electrons. The second-order valence-corrected chi connectivity index (χ2v) is 4.25. The molecule has 0 bridgehead atoms. The molecule has 1 fully saturated rings. The van der Waals surface area contributed by atoms with E-state index < -0.39 is 5.92 Å². The van der Waals surface area contributed by atoms with Gasteiger partial charge in [-0.2, -0.15) is 4.98 Å². The summed E-state index contributed by atoms with van der Waals surface area (Å²) >= 11 is 0. The molecule has 0 aromatic carbocycles. The van der Waals surface area contributed by atoms with Crippen molar-refractivity contribution in [3.63, 3.8) is 0 Å². The Labute approximate surface area is 111 Å². The lowest BCUT2D eigenvalue weighted by atomic mass is 10.0. The molecule has 1 aromatic heterocycles. The molecule has 1 unspecified atom stereocenters. The molecule has 2 rings (SSSR count). The highest BCUT2D eigenvalue weighted by Crippen LogP contribution is 2.20. The van der Waals surface area contributed by atoms with E-state index in [9.17, 15) is 4.79 Å². The van der Waals surface area contributed by atoms with Gasteiger partial charge in [-0.3, -0.25) is 4.79 Å². The molecule has 2 heterocycles. The van der Waals surface area contributed by atoms with Gasteiger partial charge in [-0.1, -0.05) is 5.16 Å². The number of hydrogen-bond acceptors (Lipinski definition) is 7. The molecule has 0 aliphatic carbocycles. The number of carbonyl (C=O) groups excluding carboxylic acids is 1. The Bertz CT molecular complexity index is 407. The molecule has 19 heavy (non-hydrogen) atoms. The van der Waals surface area contributed by atoms with Crippen molar-refractivity contribution in [2.24, 2.45) is 0 Å². The van der Waals surface area contributed by atoms with E-state index in [4.69, 9.17) is 18.7 Å². The number of Topliss-reactive ketones (excluding diaryl/α,β-unsaturated/α-hetero) is 1. The van der Waals surface area contributed by atoms with Crippen LogP contribution in [0.15, 0.2) is 4.52 Å². The Kier molecular flexibility index (Phi) is 5.44. The normalized spacial score (nSPS) is 19.8. The molecule has 0 spiro atoms. The smallest absolute Gasteiger partial charge is 0.239 e. The fourth-order valence-electron chi connectivity index (χ4n) is 1.77. The highest BCUT2D eigenvalue weighted by Gasteiger charge is 2.29. The average Bonchev–Trinajstić information content (AvgIpc) is 2.88. The Morgan fingerprint density at radius 1 is 1.37 bits per heavy atom. The highest BCUT2D eigenvalue weighted by atomic mass is 16.5. The van der Waals surface area contributed by atoms with Crippen LogP contribution in [-0.2, 0) is 25.4 Å². The maximum absolute atomic E-state index is 11.7. The molecule has 1 aliphatic rings. The topological polar surface area (TPSA) is 83.7 Å². The van der Waals surface area contributed by atoms with Gasteiger partial charge in [0, 0.05) is 20.0 Å². The van der Waals surface area contributed by atoms with Crippen LogP contribution in [0.2, 0.25) is 0 Å². The van der Waals surface area contributed by atoms with Crippen molar-refractivity contribution in [2.75, 3.05) is 40.1 Å². The number of ether oxygens (including phenoxy) is 3.